The molecule has 0 aromatic heterocycles. The van der Waals surface area contributed by atoms with Crippen LogP contribution in [0.2, 0.25) is 0 Å². The van der Waals surface area contributed by atoms with E-state index in [-0.39, 0.29) is 0 Å². The highest BCUT2D eigenvalue weighted by Gasteiger charge is 2.17. The zero-order valence-electron chi connectivity index (χ0n) is 11.4. The quantitative estimate of drug-likeness (QED) is 0.885. The number of thioether (sulfide) groups is 1. The molecule has 0 amide bonds. The van der Waals surface area contributed by atoms with Crippen LogP contribution >= 0.6 is 11.8 Å². The molecular formula is C17H21NS. The van der Waals surface area contributed by atoms with E-state index in [4.69, 9.17) is 0 Å². The van der Waals surface area contributed by atoms with Gasteiger partial charge in [0, 0.05) is 17.8 Å². The summed E-state index contributed by atoms with van der Waals surface area (Å²) < 4.78 is 0. The number of rotatable bonds is 4. The van der Waals surface area contributed by atoms with Crippen LogP contribution in [0.5, 0.6) is 0 Å². The van der Waals surface area contributed by atoms with E-state index in [9.17, 15) is 0 Å². The predicted octanol–water partition coefficient (Wildman–Crippen LogP) is 4.39. The van der Waals surface area contributed by atoms with Crippen molar-refractivity contribution in [1.29, 1.82) is 0 Å². The molecule has 2 heteroatoms. The zero-order valence-corrected chi connectivity index (χ0v) is 12.2. The van der Waals surface area contributed by atoms with E-state index in [1.165, 1.54) is 34.9 Å². The molecule has 0 aliphatic carbocycles. The third-order valence-corrected chi connectivity index (χ3v) is 5.36. The first-order valence-corrected chi connectivity index (χ1v) is 8.22. The van der Waals surface area contributed by atoms with Gasteiger partial charge in [0.2, 0.25) is 0 Å². The third-order valence-electron chi connectivity index (χ3n) is 3.97. The van der Waals surface area contributed by atoms with Gasteiger partial charge in [-0.05, 0) is 41.9 Å². The molecule has 1 saturated heterocycles. The molecular weight excluding hydrogens is 250 g/mol. The molecule has 1 N–H and O–H groups in total. The summed E-state index contributed by atoms with van der Waals surface area (Å²) in [6, 6.07) is 15.7. The minimum Gasteiger partial charge on any atom is -0.309 e. The molecule has 100 valence electrons. The fourth-order valence-electron chi connectivity index (χ4n) is 2.85. The second-order valence-corrected chi connectivity index (χ2v) is 6.74. The second kappa shape index (κ2) is 5.98. The summed E-state index contributed by atoms with van der Waals surface area (Å²) in [6.07, 6.45) is 2.76. The zero-order chi connectivity index (χ0) is 13.1. The molecule has 2 unspecified atom stereocenters. The highest BCUT2D eigenvalue weighted by Crippen LogP contribution is 2.27. The molecule has 1 heterocycles. The highest BCUT2D eigenvalue weighted by molar-refractivity contribution is 8.00. The Bertz CT molecular complexity index is 540. The summed E-state index contributed by atoms with van der Waals surface area (Å²) in [5, 5.41) is 7.24. The lowest BCUT2D eigenvalue weighted by atomic mass is 9.99. The topological polar surface area (TPSA) is 12.0 Å². The van der Waals surface area contributed by atoms with Gasteiger partial charge in [-0.25, -0.2) is 0 Å². The maximum Gasteiger partial charge on any atom is 0.0298 e. The molecule has 0 bridgehead atoms. The standard InChI is InChI=1S/C17H21NS/c1-13(18-12-15-8-5-11-19-15)16-10-4-7-14-6-2-3-9-17(14)16/h2-4,6-7,9-10,13,15,18H,5,8,11-12H2,1H3. The molecule has 0 spiro atoms. The van der Waals surface area contributed by atoms with Crippen molar-refractivity contribution in [2.45, 2.75) is 31.1 Å². The van der Waals surface area contributed by atoms with Gasteiger partial charge >= 0.3 is 0 Å². The predicted molar refractivity (Wildman–Crippen MR) is 85.8 cm³/mol. The van der Waals surface area contributed by atoms with Crippen LogP contribution in [0.15, 0.2) is 42.5 Å². The first-order valence-electron chi connectivity index (χ1n) is 7.17. The summed E-state index contributed by atoms with van der Waals surface area (Å²) >= 11 is 2.12. The molecule has 1 aliphatic heterocycles. The molecule has 2 aromatic carbocycles. The van der Waals surface area contributed by atoms with Crippen LogP contribution in [0, 0.1) is 0 Å². The number of benzene rings is 2. The van der Waals surface area contributed by atoms with Gasteiger partial charge in [0.1, 0.15) is 0 Å². The first-order chi connectivity index (χ1) is 9.34. The van der Waals surface area contributed by atoms with Crippen molar-refractivity contribution in [3.8, 4) is 0 Å². The second-order valence-electron chi connectivity index (χ2n) is 5.33. The summed E-state index contributed by atoms with van der Waals surface area (Å²) in [4.78, 5) is 0. The molecule has 0 saturated carbocycles. The van der Waals surface area contributed by atoms with Crippen molar-refractivity contribution in [2.24, 2.45) is 0 Å². The van der Waals surface area contributed by atoms with E-state index in [2.05, 4.69) is 66.5 Å². The average Bonchev–Trinajstić information content (AvgIpc) is 2.97. The first kappa shape index (κ1) is 13.0. The number of fused-ring (bicyclic) bond motifs is 1. The largest absolute Gasteiger partial charge is 0.309 e. The van der Waals surface area contributed by atoms with Crippen LogP contribution in [-0.2, 0) is 0 Å². The van der Waals surface area contributed by atoms with E-state index in [0.29, 0.717) is 6.04 Å². The fourth-order valence-corrected chi connectivity index (χ4v) is 4.07. The lowest BCUT2D eigenvalue weighted by Gasteiger charge is -2.18. The Morgan fingerprint density at radius 3 is 2.89 bits per heavy atom. The van der Waals surface area contributed by atoms with E-state index in [0.717, 1.165) is 11.8 Å². The monoisotopic (exact) mass is 271 g/mol. The van der Waals surface area contributed by atoms with E-state index in [1.807, 2.05) is 0 Å². The van der Waals surface area contributed by atoms with Crippen LogP contribution in [0.25, 0.3) is 10.8 Å². The smallest absolute Gasteiger partial charge is 0.0298 e. The minimum atomic E-state index is 0.423. The van der Waals surface area contributed by atoms with Gasteiger partial charge in [0.05, 0.1) is 0 Å². The molecule has 1 nitrogen and oxygen atoms in total. The summed E-state index contributed by atoms with van der Waals surface area (Å²) in [7, 11) is 0. The molecule has 1 aliphatic rings. The Balaban J connectivity index is 1.75. The molecule has 2 aromatic rings. The summed E-state index contributed by atoms with van der Waals surface area (Å²) in [6.45, 7) is 3.41. The van der Waals surface area contributed by atoms with Gasteiger partial charge < -0.3 is 5.32 Å². The SMILES string of the molecule is CC(NCC1CCCS1)c1cccc2ccccc12. The Hall–Kier alpha value is -0.990. The Labute approximate surface area is 119 Å². The lowest BCUT2D eigenvalue weighted by molar-refractivity contribution is 0.562. The maximum absolute atomic E-state index is 3.71. The van der Waals surface area contributed by atoms with Crippen LogP contribution in [-0.4, -0.2) is 17.5 Å². The maximum atomic E-state index is 3.71. The summed E-state index contributed by atoms with van der Waals surface area (Å²) in [5.74, 6) is 1.34. The van der Waals surface area contributed by atoms with Gasteiger partial charge in [0.25, 0.3) is 0 Å². The Kier molecular flexibility index (Phi) is 4.09. The van der Waals surface area contributed by atoms with Gasteiger partial charge in [-0.1, -0.05) is 42.5 Å². The van der Waals surface area contributed by atoms with E-state index < -0.39 is 0 Å². The molecule has 19 heavy (non-hydrogen) atoms. The molecule has 2 atom stereocenters. The number of nitrogens with one attached hydrogen (secondary N) is 1. The van der Waals surface area contributed by atoms with Crippen LogP contribution in [0.4, 0.5) is 0 Å². The van der Waals surface area contributed by atoms with Crippen molar-refractivity contribution >= 4 is 22.5 Å². The Morgan fingerprint density at radius 1 is 1.21 bits per heavy atom. The third kappa shape index (κ3) is 2.96. The van der Waals surface area contributed by atoms with Crippen molar-refractivity contribution < 1.29 is 0 Å². The van der Waals surface area contributed by atoms with Gasteiger partial charge in [-0.15, -0.1) is 0 Å². The van der Waals surface area contributed by atoms with Crippen molar-refractivity contribution in [3.63, 3.8) is 0 Å². The van der Waals surface area contributed by atoms with Crippen LogP contribution < -0.4 is 5.32 Å². The van der Waals surface area contributed by atoms with Gasteiger partial charge in [-0.2, -0.15) is 11.8 Å². The van der Waals surface area contributed by atoms with Crippen molar-refractivity contribution in [2.75, 3.05) is 12.3 Å². The summed E-state index contributed by atoms with van der Waals surface area (Å²) in [5.41, 5.74) is 1.42. The fraction of sp³-hybridized carbons (Fsp3) is 0.412. The highest BCUT2D eigenvalue weighted by atomic mass is 32.2. The van der Waals surface area contributed by atoms with Crippen molar-refractivity contribution in [3.05, 3.63) is 48.0 Å². The minimum absolute atomic E-state index is 0.423. The molecule has 3 rings (SSSR count). The number of hydrogen-bond acceptors (Lipinski definition) is 2. The van der Waals surface area contributed by atoms with Gasteiger partial charge in [-0.3, -0.25) is 0 Å². The van der Waals surface area contributed by atoms with E-state index in [1.54, 1.807) is 0 Å². The van der Waals surface area contributed by atoms with Gasteiger partial charge in [0.15, 0.2) is 0 Å². The van der Waals surface area contributed by atoms with Crippen molar-refractivity contribution in [1.82, 2.24) is 5.32 Å². The number of hydrogen-bond donors (Lipinski definition) is 1. The molecule has 0 radical (unpaired) electrons. The average molecular weight is 271 g/mol. The Morgan fingerprint density at radius 2 is 2.05 bits per heavy atom. The molecule has 1 fully saturated rings. The van der Waals surface area contributed by atoms with E-state index >= 15 is 0 Å². The lowest BCUT2D eigenvalue weighted by Crippen LogP contribution is -2.26. The van der Waals surface area contributed by atoms with Crippen LogP contribution in [0.3, 0.4) is 0 Å². The normalized spacial score (nSPS) is 20.8. The van der Waals surface area contributed by atoms with Crippen LogP contribution in [0.1, 0.15) is 31.4 Å².